The second-order valence-electron chi connectivity index (χ2n) is 6.94. The maximum atomic E-state index is 11.7. The summed E-state index contributed by atoms with van der Waals surface area (Å²) in [6.07, 6.45) is -4.47. The summed E-state index contributed by atoms with van der Waals surface area (Å²) in [6.45, 7) is 5.72. The molecule has 1 heterocycles. The van der Waals surface area contributed by atoms with Gasteiger partial charge in [0.05, 0.1) is 15.6 Å². The SMILES string of the molecule is CCC1O[C@@H](OCCOc2c(Br)cccc2Br)C(OC(C)=O)[C@@H](OC(C)=O)[C@@H]1OC(C)=O. The molecule has 5 atom stereocenters. The average molecular weight is 582 g/mol. The molecule has 1 saturated heterocycles. The topological polar surface area (TPSA) is 107 Å². The summed E-state index contributed by atoms with van der Waals surface area (Å²) >= 11 is 6.84. The summed E-state index contributed by atoms with van der Waals surface area (Å²) < 4.78 is 35.1. The van der Waals surface area contributed by atoms with Gasteiger partial charge >= 0.3 is 17.9 Å². The van der Waals surface area contributed by atoms with Gasteiger partial charge < -0.3 is 28.4 Å². The Morgan fingerprint density at radius 3 is 1.94 bits per heavy atom. The van der Waals surface area contributed by atoms with Gasteiger partial charge in [0.1, 0.15) is 18.5 Å². The predicted molar refractivity (Wildman–Crippen MR) is 119 cm³/mol. The third-order valence-corrected chi connectivity index (χ3v) is 5.68. The highest BCUT2D eigenvalue weighted by Crippen LogP contribution is 2.33. The number of rotatable bonds is 9. The minimum Gasteiger partial charge on any atom is -0.489 e. The Bertz CT molecular complexity index is 796. The van der Waals surface area contributed by atoms with Crippen molar-refractivity contribution in [2.45, 2.75) is 64.8 Å². The quantitative estimate of drug-likeness (QED) is 0.246. The van der Waals surface area contributed by atoms with E-state index in [1.807, 2.05) is 25.1 Å². The first-order valence-electron chi connectivity index (χ1n) is 9.99. The summed E-state index contributed by atoms with van der Waals surface area (Å²) in [5, 5.41) is 0. The van der Waals surface area contributed by atoms with Crippen molar-refractivity contribution in [3.05, 3.63) is 27.1 Å². The second-order valence-corrected chi connectivity index (χ2v) is 8.65. The van der Waals surface area contributed by atoms with Gasteiger partial charge in [0.15, 0.2) is 24.6 Å². The molecule has 1 aliphatic heterocycles. The average Bonchev–Trinajstić information content (AvgIpc) is 2.69. The lowest BCUT2D eigenvalue weighted by molar-refractivity contribution is -0.304. The molecule has 0 N–H and O–H groups in total. The van der Waals surface area contributed by atoms with Crippen LogP contribution in [0, 0.1) is 0 Å². The molecule has 0 amide bonds. The molecule has 0 aromatic heterocycles. The van der Waals surface area contributed by atoms with Crippen molar-refractivity contribution in [2.24, 2.45) is 0 Å². The molecule has 0 spiro atoms. The molecule has 11 heteroatoms. The Kier molecular flexibility index (Phi) is 10.4. The largest absolute Gasteiger partial charge is 0.489 e. The van der Waals surface area contributed by atoms with E-state index in [9.17, 15) is 14.4 Å². The Morgan fingerprint density at radius 1 is 0.875 bits per heavy atom. The molecule has 9 nitrogen and oxygen atoms in total. The molecule has 0 radical (unpaired) electrons. The lowest BCUT2D eigenvalue weighted by Crippen LogP contribution is -2.61. The van der Waals surface area contributed by atoms with E-state index in [1.54, 1.807) is 0 Å². The first kappa shape index (κ1) is 26.6. The van der Waals surface area contributed by atoms with Crippen LogP contribution in [0.4, 0.5) is 0 Å². The van der Waals surface area contributed by atoms with E-state index in [2.05, 4.69) is 31.9 Å². The van der Waals surface area contributed by atoms with Gasteiger partial charge in [0, 0.05) is 20.8 Å². The smallest absolute Gasteiger partial charge is 0.303 e. The van der Waals surface area contributed by atoms with E-state index >= 15 is 0 Å². The van der Waals surface area contributed by atoms with Gasteiger partial charge in [-0.3, -0.25) is 14.4 Å². The standard InChI is InChI=1S/C21H26Br2O9/c1-5-16-18(29-11(2)24)19(30-12(3)25)20(31-13(4)26)21(32-16)28-10-9-27-17-14(22)7-6-8-15(17)23/h6-8,16,18-21H,5,9-10H2,1-4H3/t16?,18-,19+,20?,21-/m1/s1. The Balaban J connectivity index is 2.16. The van der Waals surface area contributed by atoms with Gasteiger partial charge in [0.25, 0.3) is 0 Å². The molecule has 1 aromatic carbocycles. The Morgan fingerprint density at radius 2 is 1.41 bits per heavy atom. The van der Waals surface area contributed by atoms with E-state index in [0.29, 0.717) is 12.2 Å². The van der Waals surface area contributed by atoms with Gasteiger partial charge in [-0.1, -0.05) is 13.0 Å². The van der Waals surface area contributed by atoms with Crippen molar-refractivity contribution in [1.29, 1.82) is 0 Å². The van der Waals surface area contributed by atoms with E-state index in [0.717, 1.165) is 8.95 Å². The number of para-hydroxylation sites is 1. The van der Waals surface area contributed by atoms with Gasteiger partial charge in [-0.05, 0) is 50.4 Å². The number of ether oxygens (including phenoxy) is 6. The number of halogens is 2. The van der Waals surface area contributed by atoms with Crippen molar-refractivity contribution in [3.8, 4) is 5.75 Å². The number of hydrogen-bond acceptors (Lipinski definition) is 9. The maximum Gasteiger partial charge on any atom is 0.303 e. The minimum atomic E-state index is -1.14. The lowest BCUT2D eigenvalue weighted by Gasteiger charge is -2.44. The van der Waals surface area contributed by atoms with Crippen LogP contribution in [0.2, 0.25) is 0 Å². The molecule has 2 rings (SSSR count). The molecule has 0 saturated carbocycles. The van der Waals surface area contributed by atoms with Crippen molar-refractivity contribution < 1.29 is 42.8 Å². The fourth-order valence-corrected chi connectivity index (χ4v) is 4.47. The van der Waals surface area contributed by atoms with Crippen molar-refractivity contribution in [2.75, 3.05) is 13.2 Å². The van der Waals surface area contributed by atoms with Crippen LogP contribution < -0.4 is 4.74 Å². The monoisotopic (exact) mass is 580 g/mol. The summed E-state index contributed by atoms with van der Waals surface area (Å²) in [6, 6.07) is 5.54. The molecule has 32 heavy (non-hydrogen) atoms. The van der Waals surface area contributed by atoms with E-state index < -0.39 is 48.6 Å². The van der Waals surface area contributed by atoms with Crippen molar-refractivity contribution in [3.63, 3.8) is 0 Å². The Hall–Kier alpha value is -1.69. The van der Waals surface area contributed by atoms with Gasteiger partial charge in [-0.15, -0.1) is 0 Å². The van der Waals surface area contributed by atoms with Crippen LogP contribution in [0.3, 0.4) is 0 Å². The normalized spacial score (nSPS) is 25.0. The molecule has 1 fully saturated rings. The highest BCUT2D eigenvalue weighted by Gasteiger charge is 2.51. The van der Waals surface area contributed by atoms with Crippen LogP contribution >= 0.6 is 31.9 Å². The third kappa shape index (κ3) is 7.43. The number of carbonyl (C=O) groups is 3. The van der Waals surface area contributed by atoms with E-state index in [1.165, 1.54) is 20.8 Å². The first-order chi connectivity index (χ1) is 15.1. The zero-order valence-electron chi connectivity index (χ0n) is 18.2. The number of hydrogen-bond donors (Lipinski definition) is 0. The van der Waals surface area contributed by atoms with Gasteiger partial charge in [-0.25, -0.2) is 0 Å². The van der Waals surface area contributed by atoms with E-state index in [4.69, 9.17) is 28.4 Å². The van der Waals surface area contributed by atoms with Crippen LogP contribution in [0.5, 0.6) is 5.75 Å². The van der Waals surface area contributed by atoms with Gasteiger partial charge in [-0.2, -0.15) is 0 Å². The summed E-state index contributed by atoms with van der Waals surface area (Å²) in [5.41, 5.74) is 0. The highest BCUT2D eigenvalue weighted by atomic mass is 79.9. The Labute approximate surface area is 203 Å². The molecule has 2 unspecified atom stereocenters. The number of esters is 3. The van der Waals surface area contributed by atoms with Crippen LogP contribution in [0.1, 0.15) is 34.1 Å². The van der Waals surface area contributed by atoms with Crippen LogP contribution in [-0.4, -0.2) is 61.8 Å². The number of carbonyl (C=O) groups excluding carboxylic acids is 3. The lowest BCUT2D eigenvalue weighted by atomic mass is 9.96. The molecular formula is C21H26Br2O9. The maximum absolute atomic E-state index is 11.7. The summed E-state index contributed by atoms with van der Waals surface area (Å²) in [5.74, 6) is -1.23. The van der Waals surface area contributed by atoms with Crippen LogP contribution in [0.25, 0.3) is 0 Å². The zero-order valence-corrected chi connectivity index (χ0v) is 21.3. The van der Waals surface area contributed by atoms with Crippen molar-refractivity contribution in [1.82, 2.24) is 0 Å². The molecular weight excluding hydrogens is 556 g/mol. The minimum absolute atomic E-state index is 0.0810. The van der Waals surface area contributed by atoms with Gasteiger partial charge in [0.2, 0.25) is 0 Å². The molecule has 1 aliphatic rings. The predicted octanol–water partition coefficient (Wildman–Crippen LogP) is 3.54. The highest BCUT2D eigenvalue weighted by molar-refractivity contribution is 9.11. The molecule has 0 aliphatic carbocycles. The first-order valence-corrected chi connectivity index (χ1v) is 11.6. The third-order valence-electron chi connectivity index (χ3n) is 4.43. The molecule has 1 aromatic rings. The van der Waals surface area contributed by atoms with E-state index in [-0.39, 0.29) is 13.2 Å². The van der Waals surface area contributed by atoms with Crippen LogP contribution in [0.15, 0.2) is 27.1 Å². The fourth-order valence-electron chi connectivity index (χ4n) is 3.25. The summed E-state index contributed by atoms with van der Waals surface area (Å²) in [4.78, 5) is 35.1. The number of benzene rings is 1. The molecule has 178 valence electrons. The zero-order chi connectivity index (χ0) is 23.8. The fraction of sp³-hybridized carbons (Fsp3) is 0.571. The second kappa shape index (κ2) is 12.5. The summed E-state index contributed by atoms with van der Waals surface area (Å²) in [7, 11) is 0. The van der Waals surface area contributed by atoms with Crippen LogP contribution in [-0.2, 0) is 38.1 Å². The van der Waals surface area contributed by atoms with Crippen molar-refractivity contribution >= 4 is 49.8 Å². The molecule has 0 bridgehead atoms.